The summed E-state index contributed by atoms with van der Waals surface area (Å²) in [5.74, 6) is 0. The molecule has 3 unspecified atom stereocenters. The second kappa shape index (κ2) is 42.0. The summed E-state index contributed by atoms with van der Waals surface area (Å²) in [5, 5.41) is 1.31. The lowest BCUT2D eigenvalue weighted by Crippen LogP contribution is -2.58. The van der Waals surface area contributed by atoms with Crippen molar-refractivity contribution in [3.05, 3.63) is 31.5 Å². The maximum absolute atomic E-state index is 15.1. The van der Waals surface area contributed by atoms with Crippen LogP contribution in [0.25, 0.3) is 0 Å². The number of thiocarbonyl (C=S) groups is 3. The molecule has 0 aromatic carbocycles. The molecule has 0 saturated heterocycles. The van der Waals surface area contributed by atoms with Crippen LogP contribution in [0.5, 0.6) is 0 Å². The van der Waals surface area contributed by atoms with Gasteiger partial charge in [0.15, 0.2) is 15.2 Å². The Morgan fingerprint density at radius 2 is 0.515 bits per heavy atom. The molecule has 1 rings (SSSR count). The van der Waals surface area contributed by atoms with Gasteiger partial charge in [-0.15, -0.1) is 0 Å². The quantitative estimate of drug-likeness (QED) is 0.0468. The van der Waals surface area contributed by atoms with Gasteiger partial charge in [0.1, 0.15) is 19.8 Å². The van der Waals surface area contributed by atoms with E-state index in [4.69, 9.17) is 50.9 Å². The molecule has 1 aromatic rings. The van der Waals surface area contributed by atoms with Gasteiger partial charge in [0.25, 0.3) is 0 Å². The summed E-state index contributed by atoms with van der Waals surface area (Å²) in [6.45, 7) is 12.8. The fourth-order valence-electron chi connectivity index (χ4n) is 8.87. The molecule has 0 aliphatic carbocycles. The van der Waals surface area contributed by atoms with Crippen molar-refractivity contribution < 1.29 is 14.2 Å². The van der Waals surface area contributed by atoms with E-state index in [0.717, 1.165) is 57.8 Å². The summed E-state index contributed by atoms with van der Waals surface area (Å²) >= 11 is 16.6. The molecule has 0 amide bonds. The minimum Gasteiger partial charge on any atom is -0.485 e. The first-order valence-corrected chi connectivity index (χ1v) is 28.8. The molecule has 0 fully saturated rings. The van der Waals surface area contributed by atoms with Crippen molar-refractivity contribution in [1.29, 1.82) is 0 Å². The van der Waals surface area contributed by atoms with Gasteiger partial charge in [0, 0.05) is 19.3 Å². The monoisotopic (exact) mass is 982 g/mol. The Hall–Kier alpha value is -1.92. The second-order valence-corrected chi connectivity index (χ2v) is 20.3. The van der Waals surface area contributed by atoms with Gasteiger partial charge in [-0.25, -0.2) is 28.1 Å². The van der Waals surface area contributed by atoms with Gasteiger partial charge in [-0.1, -0.05) is 234 Å². The highest BCUT2D eigenvalue weighted by Crippen LogP contribution is 2.22. The maximum Gasteiger partial charge on any atom is 0.337 e. The molecule has 0 aliphatic rings. The van der Waals surface area contributed by atoms with E-state index in [1.165, 1.54) is 149 Å². The van der Waals surface area contributed by atoms with Crippen LogP contribution in [0.15, 0.2) is 14.4 Å². The Balaban J connectivity index is 3.72. The van der Waals surface area contributed by atoms with E-state index in [9.17, 15) is 0 Å². The first kappa shape index (κ1) is 62.1. The Kier molecular flexibility index (Phi) is 39.5. The first-order valence-electron chi connectivity index (χ1n) is 27.6. The Bertz CT molecular complexity index is 1360. The molecule has 9 nitrogen and oxygen atoms in total. The molecule has 1 aromatic heterocycles. The lowest BCUT2D eigenvalue weighted by molar-refractivity contribution is 0.175. The van der Waals surface area contributed by atoms with Crippen molar-refractivity contribution in [2.24, 2.45) is 0 Å². The van der Waals surface area contributed by atoms with E-state index in [0.29, 0.717) is 53.7 Å². The Morgan fingerprint density at radius 1 is 0.333 bits per heavy atom. The van der Waals surface area contributed by atoms with Crippen LogP contribution in [-0.2, 0) is 14.2 Å². The molecule has 0 aliphatic heterocycles. The number of unbranched alkanes of at least 4 members (excludes halogenated alkanes) is 27. The lowest BCUT2D eigenvalue weighted by Gasteiger charge is -2.28. The van der Waals surface area contributed by atoms with E-state index in [1.54, 1.807) is 0 Å². The first-order chi connectivity index (χ1) is 32.1. The van der Waals surface area contributed by atoms with Crippen molar-refractivity contribution in [1.82, 2.24) is 13.7 Å². The van der Waals surface area contributed by atoms with Crippen molar-refractivity contribution >= 4 is 51.8 Å². The SMILES string of the molecule is CCCCCCCCCCCCC(COC(=S)CC)n1c(=O)n(C(CCCCCCCCCCCC)COC(=S)CC)c(=O)n(C(CCCCCCCCCCCC)COC(=S)CC)c1=O. The van der Waals surface area contributed by atoms with Crippen molar-refractivity contribution in [3.63, 3.8) is 0 Å². The van der Waals surface area contributed by atoms with Crippen LogP contribution in [-0.4, -0.2) is 48.7 Å². The number of aromatic nitrogens is 3. The zero-order valence-corrected chi connectivity index (χ0v) is 45.8. The lowest BCUT2D eigenvalue weighted by atomic mass is 10.0. The van der Waals surface area contributed by atoms with Gasteiger partial charge < -0.3 is 14.2 Å². The van der Waals surface area contributed by atoms with Crippen molar-refractivity contribution in [2.75, 3.05) is 19.8 Å². The van der Waals surface area contributed by atoms with Gasteiger partial charge >= 0.3 is 17.1 Å². The summed E-state index contributed by atoms with van der Waals surface area (Å²) in [5.41, 5.74) is -1.85. The molecule has 0 spiro atoms. The molecule has 0 saturated carbocycles. The molecular weight excluding hydrogens is 883 g/mol. The third-order valence-corrected chi connectivity index (χ3v) is 14.4. The number of hydrogen-bond acceptors (Lipinski definition) is 9. The van der Waals surface area contributed by atoms with Crippen LogP contribution >= 0.6 is 36.7 Å². The molecule has 1 heterocycles. The van der Waals surface area contributed by atoms with E-state index in [2.05, 4.69) is 20.8 Å². The molecule has 3 atom stereocenters. The van der Waals surface area contributed by atoms with Gasteiger partial charge in [0.2, 0.25) is 0 Å². The van der Waals surface area contributed by atoms with Gasteiger partial charge in [0.05, 0.1) is 18.1 Å². The highest BCUT2D eigenvalue weighted by molar-refractivity contribution is 7.80. The fraction of sp³-hybridized carbons (Fsp3) is 0.889. The van der Waals surface area contributed by atoms with Crippen LogP contribution in [0.2, 0.25) is 0 Å². The van der Waals surface area contributed by atoms with Crippen LogP contribution in [0.1, 0.15) is 291 Å². The van der Waals surface area contributed by atoms with Crippen LogP contribution < -0.4 is 17.1 Å². The Morgan fingerprint density at radius 3 is 0.697 bits per heavy atom. The number of rotatable bonds is 45. The van der Waals surface area contributed by atoms with E-state index in [-0.39, 0.29) is 19.8 Å². The van der Waals surface area contributed by atoms with Gasteiger partial charge in [-0.2, -0.15) is 0 Å². The Labute approximate surface area is 419 Å². The van der Waals surface area contributed by atoms with E-state index in [1.807, 2.05) is 20.8 Å². The van der Waals surface area contributed by atoms with Gasteiger partial charge in [-0.3, -0.25) is 0 Å². The standard InChI is InChI=1S/C54H99N3O6S3/c1-7-13-16-19-22-25-28-31-34-37-40-46(43-61-49(64)10-4)55-52(58)56(47(44-62-50(65)11-5)41-38-35-32-29-26-23-20-17-14-8-2)54(60)57(53(55)59)48(45-63-51(66)12-6)42-39-36-33-30-27-24-21-18-15-9-3/h46-48H,7-45H2,1-6H3. The summed E-state index contributed by atoms with van der Waals surface area (Å²) in [6, 6.07) is -1.85. The zero-order valence-electron chi connectivity index (χ0n) is 43.3. The summed E-state index contributed by atoms with van der Waals surface area (Å²) in [6.07, 6.45) is 38.4. The minimum atomic E-state index is -0.618. The van der Waals surface area contributed by atoms with Crippen LogP contribution in [0.3, 0.4) is 0 Å². The molecule has 0 radical (unpaired) electrons. The van der Waals surface area contributed by atoms with Crippen LogP contribution in [0.4, 0.5) is 0 Å². The topological polar surface area (TPSA) is 93.7 Å². The number of ether oxygens (including phenoxy) is 3. The third-order valence-electron chi connectivity index (χ3n) is 13.2. The summed E-state index contributed by atoms with van der Waals surface area (Å²) < 4.78 is 22.3. The maximum atomic E-state index is 15.1. The third kappa shape index (κ3) is 27.9. The predicted octanol–water partition coefficient (Wildman–Crippen LogP) is 16.0. The molecular formula is C54H99N3O6S3. The fourth-order valence-corrected chi connectivity index (χ4v) is 9.07. The highest BCUT2D eigenvalue weighted by atomic mass is 32.1. The van der Waals surface area contributed by atoms with Gasteiger partial charge in [-0.05, 0) is 55.9 Å². The number of nitrogens with zero attached hydrogens (tertiary/aromatic N) is 3. The van der Waals surface area contributed by atoms with Crippen LogP contribution in [0, 0.1) is 0 Å². The average Bonchev–Trinajstić information content (AvgIpc) is 3.32. The molecule has 384 valence electrons. The highest BCUT2D eigenvalue weighted by Gasteiger charge is 2.30. The second-order valence-electron chi connectivity index (χ2n) is 18.9. The molecule has 0 N–H and O–H groups in total. The number of hydrogen-bond donors (Lipinski definition) is 0. The van der Waals surface area contributed by atoms with E-state index >= 15 is 14.4 Å². The predicted molar refractivity (Wildman–Crippen MR) is 292 cm³/mol. The molecule has 12 heteroatoms. The van der Waals surface area contributed by atoms with Crippen molar-refractivity contribution in [3.8, 4) is 0 Å². The average molecular weight is 983 g/mol. The minimum absolute atomic E-state index is 0.0799. The van der Waals surface area contributed by atoms with E-state index < -0.39 is 35.2 Å². The normalized spacial score (nSPS) is 12.8. The van der Waals surface area contributed by atoms with Crippen molar-refractivity contribution in [2.45, 2.75) is 291 Å². The smallest absolute Gasteiger partial charge is 0.337 e. The summed E-state index contributed by atoms with van der Waals surface area (Å²) in [4.78, 5) is 45.3. The zero-order chi connectivity index (χ0) is 48.6. The summed E-state index contributed by atoms with van der Waals surface area (Å²) in [7, 11) is 0. The largest absolute Gasteiger partial charge is 0.485 e. The molecule has 66 heavy (non-hydrogen) atoms. The molecule has 0 bridgehead atoms.